The molecule has 1 aliphatic rings. The quantitative estimate of drug-likeness (QED) is 0.318. The molecule has 0 unspecified atom stereocenters. The molecule has 1 fully saturated rings. The number of aryl methyl sites for hydroxylation is 1. The minimum Gasteiger partial charge on any atom is -0.462 e. The summed E-state index contributed by atoms with van der Waals surface area (Å²) in [6, 6.07) is 9.15. The highest BCUT2D eigenvalue weighted by molar-refractivity contribution is 6.25. The second kappa shape index (κ2) is 8.57. The molecule has 2 amide bonds. The fraction of sp³-hybridized carbons (Fsp3) is 0.348. The van der Waals surface area contributed by atoms with Crippen LogP contribution in [0.15, 0.2) is 35.9 Å². The van der Waals surface area contributed by atoms with Gasteiger partial charge in [-0.1, -0.05) is 13.3 Å². The van der Waals surface area contributed by atoms with Gasteiger partial charge in [0.1, 0.15) is 5.57 Å². The van der Waals surface area contributed by atoms with Crippen LogP contribution in [0.1, 0.15) is 47.1 Å². The Kier molecular flexibility index (Phi) is 6.10. The van der Waals surface area contributed by atoms with Crippen LogP contribution >= 0.6 is 0 Å². The van der Waals surface area contributed by atoms with E-state index in [1.165, 1.54) is 10.0 Å². The number of hydrazine groups is 1. The zero-order valence-electron chi connectivity index (χ0n) is 18.1. The number of carbonyl (C=O) groups is 3. The molecule has 0 N–H and O–H groups in total. The number of nitrogens with zero attached hydrogens (tertiary/aromatic N) is 3. The standard InChI is InChI=1S/C23H27N3O4/c1-6-7-12-30-23(29)17-8-10-19(11-9-17)26-15(2)13-18(16(26)3)14-20-21(27)24(4)25(5)22(20)28/h8-11,13-14H,6-7,12H2,1-5H3. The Morgan fingerprint density at radius 2 is 1.63 bits per heavy atom. The second-order valence-corrected chi connectivity index (χ2v) is 7.41. The maximum Gasteiger partial charge on any atom is 0.338 e. The summed E-state index contributed by atoms with van der Waals surface area (Å²) in [5, 5.41) is 2.59. The Labute approximate surface area is 176 Å². The van der Waals surface area contributed by atoms with Crippen molar-refractivity contribution >= 4 is 23.9 Å². The molecule has 0 aliphatic carbocycles. The molecular weight excluding hydrogens is 382 g/mol. The lowest BCUT2D eigenvalue weighted by Gasteiger charge is -2.16. The van der Waals surface area contributed by atoms with E-state index in [2.05, 4.69) is 0 Å². The van der Waals surface area contributed by atoms with Crippen molar-refractivity contribution in [1.29, 1.82) is 0 Å². The van der Waals surface area contributed by atoms with Crippen molar-refractivity contribution in [3.63, 3.8) is 0 Å². The predicted molar refractivity (Wildman–Crippen MR) is 114 cm³/mol. The number of carbonyl (C=O) groups excluding carboxylic acids is 3. The maximum atomic E-state index is 12.3. The van der Waals surface area contributed by atoms with E-state index in [0.29, 0.717) is 12.2 Å². The average Bonchev–Trinajstić information content (AvgIpc) is 3.11. The van der Waals surface area contributed by atoms with Gasteiger partial charge in [0.2, 0.25) is 0 Å². The van der Waals surface area contributed by atoms with Crippen LogP contribution in [0.25, 0.3) is 11.8 Å². The topological polar surface area (TPSA) is 71.8 Å². The third-order valence-corrected chi connectivity index (χ3v) is 5.36. The average molecular weight is 409 g/mol. The van der Waals surface area contributed by atoms with Gasteiger partial charge in [0, 0.05) is 31.2 Å². The molecule has 7 heteroatoms. The van der Waals surface area contributed by atoms with Crippen molar-refractivity contribution in [1.82, 2.24) is 14.6 Å². The molecule has 0 saturated carbocycles. The van der Waals surface area contributed by atoms with E-state index in [9.17, 15) is 14.4 Å². The van der Waals surface area contributed by atoms with Gasteiger partial charge in [0.25, 0.3) is 11.8 Å². The van der Waals surface area contributed by atoms with Crippen molar-refractivity contribution in [3.05, 3.63) is 58.4 Å². The fourth-order valence-corrected chi connectivity index (χ4v) is 3.46. The first-order valence-corrected chi connectivity index (χ1v) is 10.0. The number of ether oxygens (including phenoxy) is 1. The molecule has 0 radical (unpaired) electrons. The monoisotopic (exact) mass is 409 g/mol. The first kappa shape index (κ1) is 21.4. The van der Waals surface area contributed by atoms with Crippen LogP contribution in [0.2, 0.25) is 0 Å². The summed E-state index contributed by atoms with van der Waals surface area (Å²) in [5.41, 5.74) is 4.20. The highest BCUT2D eigenvalue weighted by Crippen LogP contribution is 2.26. The smallest absolute Gasteiger partial charge is 0.338 e. The largest absolute Gasteiger partial charge is 0.462 e. The molecule has 0 atom stereocenters. The number of rotatable bonds is 6. The van der Waals surface area contributed by atoms with E-state index in [4.69, 9.17) is 4.74 Å². The second-order valence-electron chi connectivity index (χ2n) is 7.41. The summed E-state index contributed by atoms with van der Waals surface area (Å²) in [4.78, 5) is 36.8. The number of amides is 2. The Morgan fingerprint density at radius 3 is 2.20 bits per heavy atom. The third kappa shape index (κ3) is 3.87. The van der Waals surface area contributed by atoms with E-state index < -0.39 is 0 Å². The Balaban J connectivity index is 1.88. The van der Waals surface area contributed by atoms with Crippen molar-refractivity contribution in [2.75, 3.05) is 20.7 Å². The van der Waals surface area contributed by atoms with Gasteiger partial charge in [0.15, 0.2) is 0 Å². The first-order chi connectivity index (χ1) is 14.3. The molecule has 30 heavy (non-hydrogen) atoms. The fourth-order valence-electron chi connectivity index (χ4n) is 3.46. The van der Waals surface area contributed by atoms with Gasteiger partial charge < -0.3 is 9.30 Å². The molecule has 3 rings (SSSR count). The minimum absolute atomic E-state index is 0.144. The van der Waals surface area contributed by atoms with Gasteiger partial charge in [-0.15, -0.1) is 0 Å². The van der Waals surface area contributed by atoms with Crippen LogP contribution in [0, 0.1) is 13.8 Å². The van der Waals surface area contributed by atoms with Gasteiger partial charge in [-0.2, -0.15) is 0 Å². The third-order valence-electron chi connectivity index (χ3n) is 5.36. The summed E-state index contributed by atoms with van der Waals surface area (Å²) in [6.45, 7) is 6.36. The summed E-state index contributed by atoms with van der Waals surface area (Å²) >= 11 is 0. The Bertz CT molecular complexity index is 996. The molecule has 1 aromatic carbocycles. The van der Waals surface area contributed by atoms with Gasteiger partial charge in [-0.3, -0.25) is 19.6 Å². The van der Waals surface area contributed by atoms with Crippen LogP contribution in [-0.4, -0.2) is 53.1 Å². The number of likely N-dealkylation sites (N-methyl/N-ethyl adjacent to an activating group) is 2. The number of aromatic nitrogens is 1. The number of hydrogen-bond donors (Lipinski definition) is 0. The van der Waals surface area contributed by atoms with E-state index in [-0.39, 0.29) is 23.4 Å². The van der Waals surface area contributed by atoms with Gasteiger partial charge >= 0.3 is 5.97 Å². The lowest BCUT2D eigenvalue weighted by molar-refractivity contribution is -0.141. The van der Waals surface area contributed by atoms with Crippen LogP contribution < -0.4 is 0 Å². The van der Waals surface area contributed by atoms with Gasteiger partial charge in [-0.05, 0) is 62.2 Å². The number of esters is 1. The van der Waals surface area contributed by atoms with Gasteiger partial charge in [0.05, 0.1) is 12.2 Å². The normalized spacial score (nSPS) is 14.0. The highest BCUT2D eigenvalue weighted by atomic mass is 16.5. The molecule has 2 heterocycles. The van der Waals surface area contributed by atoms with Crippen molar-refractivity contribution in [2.45, 2.75) is 33.6 Å². The molecule has 158 valence electrons. The van der Waals surface area contributed by atoms with Crippen LogP contribution in [0.4, 0.5) is 0 Å². The Hall–Kier alpha value is -3.35. The minimum atomic E-state index is -0.326. The van der Waals surface area contributed by atoms with Crippen molar-refractivity contribution in [2.24, 2.45) is 0 Å². The molecule has 2 aromatic rings. The van der Waals surface area contributed by atoms with Crippen molar-refractivity contribution < 1.29 is 19.1 Å². The number of benzene rings is 1. The first-order valence-electron chi connectivity index (χ1n) is 10.0. The van der Waals surface area contributed by atoms with Gasteiger partial charge in [-0.25, -0.2) is 4.79 Å². The summed E-state index contributed by atoms with van der Waals surface area (Å²) < 4.78 is 7.28. The maximum absolute atomic E-state index is 12.3. The molecule has 1 aromatic heterocycles. The predicted octanol–water partition coefficient (Wildman–Crippen LogP) is 3.28. The summed E-state index contributed by atoms with van der Waals surface area (Å²) in [5.74, 6) is -0.968. The molecule has 0 bridgehead atoms. The van der Waals surface area contributed by atoms with E-state index in [1.54, 1.807) is 32.3 Å². The highest BCUT2D eigenvalue weighted by Gasteiger charge is 2.36. The van der Waals surface area contributed by atoms with Crippen LogP contribution in [0.3, 0.4) is 0 Å². The Morgan fingerprint density at radius 1 is 1.03 bits per heavy atom. The molecule has 0 spiro atoms. The summed E-state index contributed by atoms with van der Waals surface area (Å²) in [6.07, 6.45) is 3.46. The molecule has 1 saturated heterocycles. The van der Waals surface area contributed by atoms with E-state index >= 15 is 0 Å². The van der Waals surface area contributed by atoms with E-state index in [0.717, 1.165) is 35.5 Å². The number of hydrogen-bond acceptors (Lipinski definition) is 4. The SMILES string of the molecule is CCCCOC(=O)c1ccc(-n2c(C)cc(C=C3C(=O)N(C)N(C)C3=O)c2C)cc1. The van der Waals surface area contributed by atoms with E-state index in [1.807, 2.05) is 43.5 Å². The molecular formula is C23H27N3O4. The van der Waals surface area contributed by atoms with Crippen LogP contribution in [-0.2, 0) is 14.3 Å². The lowest BCUT2D eigenvalue weighted by Crippen LogP contribution is -2.33. The zero-order chi connectivity index (χ0) is 22.0. The zero-order valence-corrected chi connectivity index (χ0v) is 18.1. The number of unbranched alkanes of at least 4 members (excludes halogenated alkanes) is 1. The summed E-state index contributed by atoms with van der Waals surface area (Å²) in [7, 11) is 3.14. The molecule has 1 aliphatic heterocycles. The van der Waals surface area contributed by atoms with Crippen LogP contribution in [0.5, 0.6) is 0 Å². The van der Waals surface area contributed by atoms with Crippen molar-refractivity contribution in [3.8, 4) is 5.69 Å². The molecule has 7 nitrogen and oxygen atoms in total. The lowest BCUT2D eigenvalue weighted by atomic mass is 10.1.